The average molecular weight is 296 g/mol. The molecule has 2 rings (SSSR count). The number of amides is 1. The second-order valence-corrected chi connectivity index (χ2v) is 8.45. The average Bonchev–Trinajstić information content (AvgIpc) is 2.74. The quantitative estimate of drug-likeness (QED) is 0.784. The third kappa shape index (κ3) is 2.36. The van der Waals surface area contributed by atoms with E-state index in [0.29, 0.717) is 4.99 Å². The third-order valence-corrected chi connectivity index (χ3v) is 6.07. The van der Waals surface area contributed by atoms with E-state index < -0.39 is 0 Å². The van der Waals surface area contributed by atoms with E-state index in [1.54, 1.807) is 0 Å². The van der Waals surface area contributed by atoms with Gasteiger partial charge in [0.2, 0.25) is 5.91 Å². The number of thiocarbonyl (C=S) groups is 1. The highest BCUT2D eigenvalue weighted by atomic mass is 32.1. The van der Waals surface area contributed by atoms with Crippen LogP contribution in [0.25, 0.3) is 0 Å². The second kappa shape index (κ2) is 4.97. The molecule has 0 heterocycles. The summed E-state index contributed by atoms with van der Waals surface area (Å²) in [5.74, 6) is 0.519. The van der Waals surface area contributed by atoms with Crippen LogP contribution in [-0.4, -0.2) is 16.9 Å². The number of nitrogens with two attached hydrogens (primary N) is 1. The number of fused-ring (bicyclic) bond motifs is 2. The number of hydrogen-bond donors (Lipinski definition) is 2. The van der Waals surface area contributed by atoms with Crippen LogP contribution in [0.2, 0.25) is 0 Å². The highest BCUT2D eigenvalue weighted by molar-refractivity contribution is 7.80. The van der Waals surface area contributed by atoms with Crippen molar-refractivity contribution in [3.8, 4) is 0 Å². The third-order valence-electron chi connectivity index (χ3n) is 5.81. The highest BCUT2D eigenvalue weighted by Crippen LogP contribution is 2.62. The van der Waals surface area contributed by atoms with Crippen LogP contribution < -0.4 is 11.1 Å². The van der Waals surface area contributed by atoms with Crippen LogP contribution in [-0.2, 0) is 4.79 Å². The van der Waals surface area contributed by atoms with Crippen LogP contribution in [0.5, 0.6) is 0 Å². The molecule has 20 heavy (non-hydrogen) atoms. The van der Waals surface area contributed by atoms with E-state index in [-0.39, 0.29) is 34.6 Å². The maximum Gasteiger partial charge on any atom is 0.230 e. The molecule has 3 N–H and O–H groups in total. The van der Waals surface area contributed by atoms with E-state index >= 15 is 0 Å². The summed E-state index contributed by atoms with van der Waals surface area (Å²) in [5.41, 5.74) is 6.16. The van der Waals surface area contributed by atoms with Crippen molar-refractivity contribution in [2.45, 2.75) is 59.9 Å². The van der Waals surface area contributed by atoms with Crippen LogP contribution in [0.3, 0.4) is 0 Å². The van der Waals surface area contributed by atoms with Gasteiger partial charge in [0.1, 0.15) is 0 Å². The number of nitrogens with one attached hydrogen (secondary N) is 1. The molecule has 0 spiro atoms. The Labute approximate surface area is 128 Å². The number of hydrogen-bond acceptors (Lipinski definition) is 2. The second-order valence-electron chi connectivity index (χ2n) is 7.98. The van der Waals surface area contributed by atoms with Gasteiger partial charge in [0.15, 0.2) is 0 Å². The van der Waals surface area contributed by atoms with Gasteiger partial charge in [-0.25, -0.2) is 0 Å². The van der Waals surface area contributed by atoms with Crippen molar-refractivity contribution < 1.29 is 4.79 Å². The molecule has 2 aliphatic rings. The minimum absolute atomic E-state index is 0.0133. The molecule has 0 aromatic carbocycles. The standard InChI is InChI=1S/C16H28N2OS/c1-9(2)11(12(17)20)13(19)18-14-15(3,4)10-6-7-16(14,5)8-10/h9-11,14H,6-8H2,1-5H3,(H2,17,20)(H,18,19). The topological polar surface area (TPSA) is 55.1 Å². The summed E-state index contributed by atoms with van der Waals surface area (Å²) in [4.78, 5) is 12.9. The van der Waals surface area contributed by atoms with Crippen LogP contribution in [0.4, 0.5) is 0 Å². The van der Waals surface area contributed by atoms with E-state index in [1.165, 1.54) is 19.3 Å². The monoisotopic (exact) mass is 296 g/mol. The van der Waals surface area contributed by atoms with Gasteiger partial charge >= 0.3 is 0 Å². The van der Waals surface area contributed by atoms with Crippen LogP contribution in [0, 0.1) is 28.6 Å². The van der Waals surface area contributed by atoms with E-state index in [1.807, 2.05) is 13.8 Å². The van der Waals surface area contributed by atoms with E-state index in [2.05, 4.69) is 26.1 Å². The van der Waals surface area contributed by atoms with Crippen molar-refractivity contribution in [2.24, 2.45) is 34.3 Å². The van der Waals surface area contributed by atoms with Crippen molar-refractivity contribution in [2.75, 3.05) is 0 Å². The van der Waals surface area contributed by atoms with Gasteiger partial charge in [-0.2, -0.15) is 0 Å². The molecule has 4 heteroatoms. The van der Waals surface area contributed by atoms with Crippen molar-refractivity contribution >= 4 is 23.1 Å². The van der Waals surface area contributed by atoms with Crippen molar-refractivity contribution in [3.05, 3.63) is 0 Å². The molecule has 114 valence electrons. The lowest BCUT2D eigenvalue weighted by Gasteiger charge is -2.43. The van der Waals surface area contributed by atoms with Gasteiger partial charge in [-0.1, -0.05) is 46.8 Å². The Balaban J connectivity index is 2.17. The Morgan fingerprint density at radius 2 is 1.95 bits per heavy atom. The van der Waals surface area contributed by atoms with E-state index in [9.17, 15) is 4.79 Å². The normalized spacial score (nSPS) is 36.1. The molecule has 0 aromatic heterocycles. The minimum atomic E-state index is -0.358. The van der Waals surface area contributed by atoms with Crippen LogP contribution in [0.15, 0.2) is 0 Å². The predicted molar refractivity (Wildman–Crippen MR) is 86.3 cm³/mol. The molecule has 0 aliphatic heterocycles. The largest absolute Gasteiger partial charge is 0.393 e. The molecule has 0 saturated heterocycles. The fraction of sp³-hybridized carbons (Fsp3) is 0.875. The number of rotatable bonds is 4. The summed E-state index contributed by atoms with van der Waals surface area (Å²) in [6, 6.07) is 0.233. The minimum Gasteiger partial charge on any atom is -0.393 e. The summed E-state index contributed by atoms with van der Waals surface area (Å²) < 4.78 is 0. The van der Waals surface area contributed by atoms with Gasteiger partial charge in [-0.05, 0) is 41.9 Å². The molecular formula is C16H28N2OS. The van der Waals surface area contributed by atoms with Crippen LogP contribution >= 0.6 is 12.2 Å². The lowest BCUT2D eigenvalue weighted by Crippen LogP contribution is -2.55. The summed E-state index contributed by atoms with van der Waals surface area (Å²) in [7, 11) is 0. The first-order valence-corrected chi connectivity index (χ1v) is 8.10. The Kier molecular flexibility index (Phi) is 3.91. The van der Waals surface area contributed by atoms with Gasteiger partial charge in [0.05, 0.1) is 10.9 Å². The Morgan fingerprint density at radius 1 is 1.35 bits per heavy atom. The molecule has 0 radical (unpaired) electrons. The summed E-state index contributed by atoms with van der Waals surface area (Å²) >= 11 is 5.08. The first-order valence-electron chi connectivity index (χ1n) is 7.69. The predicted octanol–water partition coefficient (Wildman–Crippen LogP) is 2.88. The Hall–Kier alpha value is -0.640. The zero-order valence-corrected chi connectivity index (χ0v) is 14.1. The first kappa shape index (κ1) is 15.7. The van der Waals surface area contributed by atoms with Crippen molar-refractivity contribution in [1.29, 1.82) is 0 Å². The molecular weight excluding hydrogens is 268 g/mol. The summed E-state index contributed by atoms with van der Waals surface area (Å²) in [5, 5.41) is 3.30. The lowest BCUT2D eigenvalue weighted by molar-refractivity contribution is -0.126. The van der Waals surface area contributed by atoms with Gasteiger partial charge in [-0.15, -0.1) is 0 Å². The molecule has 1 amide bonds. The van der Waals surface area contributed by atoms with Gasteiger partial charge in [0.25, 0.3) is 0 Å². The molecule has 2 saturated carbocycles. The maximum atomic E-state index is 12.6. The van der Waals surface area contributed by atoms with Gasteiger partial charge in [0, 0.05) is 6.04 Å². The van der Waals surface area contributed by atoms with Crippen molar-refractivity contribution in [3.63, 3.8) is 0 Å². The van der Waals surface area contributed by atoms with Gasteiger partial charge in [-0.3, -0.25) is 4.79 Å². The molecule has 4 atom stereocenters. The Morgan fingerprint density at radius 3 is 2.35 bits per heavy atom. The van der Waals surface area contributed by atoms with E-state index in [4.69, 9.17) is 18.0 Å². The zero-order chi connectivity index (χ0) is 15.3. The van der Waals surface area contributed by atoms with Gasteiger partial charge < -0.3 is 11.1 Å². The SMILES string of the molecule is CC(C)C(C(=O)NC1C2(C)CCC(C2)C1(C)C)C(N)=S. The smallest absolute Gasteiger partial charge is 0.230 e. The summed E-state index contributed by atoms with van der Waals surface area (Å²) in [6.07, 6.45) is 3.73. The zero-order valence-electron chi connectivity index (χ0n) is 13.3. The molecule has 2 fully saturated rings. The lowest BCUT2D eigenvalue weighted by atomic mass is 9.68. The molecule has 3 nitrogen and oxygen atoms in total. The highest BCUT2D eigenvalue weighted by Gasteiger charge is 2.59. The maximum absolute atomic E-state index is 12.6. The molecule has 0 aromatic rings. The molecule has 2 bridgehead atoms. The summed E-state index contributed by atoms with van der Waals surface area (Å²) in [6.45, 7) is 10.9. The molecule has 4 unspecified atom stereocenters. The number of carbonyl (C=O) groups excluding carboxylic acids is 1. The van der Waals surface area contributed by atoms with Crippen molar-refractivity contribution in [1.82, 2.24) is 5.32 Å². The fourth-order valence-corrected chi connectivity index (χ4v) is 5.03. The van der Waals surface area contributed by atoms with Crippen LogP contribution in [0.1, 0.15) is 53.9 Å². The Bertz CT molecular complexity index is 427. The first-order chi connectivity index (χ1) is 9.09. The number of carbonyl (C=O) groups is 1. The fourth-order valence-electron chi connectivity index (χ4n) is 4.65. The van der Waals surface area contributed by atoms with E-state index in [0.717, 1.165) is 5.92 Å². The molecule has 2 aliphatic carbocycles.